The van der Waals surface area contributed by atoms with Gasteiger partial charge in [-0.05, 0) is 31.4 Å². The first kappa shape index (κ1) is 19.3. The van der Waals surface area contributed by atoms with E-state index in [9.17, 15) is 14.7 Å². The highest BCUT2D eigenvalue weighted by atomic mass is 32.2. The minimum atomic E-state index is -1.03. The van der Waals surface area contributed by atoms with Gasteiger partial charge in [0.1, 0.15) is 5.75 Å². The van der Waals surface area contributed by atoms with Crippen LogP contribution in [-0.2, 0) is 16.1 Å². The zero-order valence-electron chi connectivity index (χ0n) is 13.7. The number of carbonyl (C=O) groups excluding carboxylic acids is 2. The lowest BCUT2D eigenvalue weighted by Gasteiger charge is -2.23. The van der Waals surface area contributed by atoms with Crippen molar-refractivity contribution in [3.05, 3.63) is 29.8 Å². The number of hydrogen-bond donors (Lipinski definition) is 3. The van der Waals surface area contributed by atoms with Crippen molar-refractivity contribution in [3.63, 3.8) is 0 Å². The van der Waals surface area contributed by atoms with Crippen molar-refractivity contribution >= 4 is 23.6 Å². The number of nitrogens with one attached hydrogen (secondary N) is 2. The van der Waals surface area contributed by atoms with Crippen molar-refractivity contribution < 1.29 is 19.4 Å². The van der Waals surface area contributed by atoms with Crippen LogP contribution in [0.4, 0.5) is 0 Å². The molecule has 0 fully saturated rings. The van der Waals surface area contributed by atoms with Crippen LogP contribution in [0.25, 0.3) is 0 Å². The van der Waals surface area contributed by atoms with Gasteiger partial charge in [0.25, 0.3) is 0 Å². The molecule has 0 aromatic heterocycles. The van der Waals surface area contributed by atoms with Crippen LogP contribution in [0.1, 0.15) is 18.9 Å². The summed E-state index contributed by atoms with van der Waals surface area (Å²) in [4.78, 5) is 23.6. The molecule has 0 spiro atoms. The van der Waals surface area contributed by atoms with E-state index in [4.69, 9.17) is 4.74 Å². The van der Waals surface area contributed by atoms with Crippen molar-refractivity contribution in [1.82, 2.24) is 10.6 Å². The third-order valence-electron chi connectivity index (χ3n) is 3.31. The molecule has 0 aliphatic heterocycles. The number of carbonyl (C=O) groups is 2. The van der Waals surface area contributed by atoms with Gasteiger partial charge in [-0.3, -0.25) is 9.59 Å². The van der Waals surface area contributed by atoms with Gasteiger partial charge in [0.15, 0.2) is 0 Å². The molecule has 0 saturated heterocycles. The zero-order valence-corrected chi connectivity index (χ0v) is 14.5. The van der Waals surface area contributed by atoms with E-state index in [1.54, 1.807) is 31.9 Å². The van der Waals surface area contributed by atoms with Gasteiger partial charge in [-0.2, -0.15) is 11.8 Å². The number of para-hydroxylation sites is 1. The Balaban J connectivity index is 2.44. The van der Waals surface area contributed by atoms with Crippen LogP contribution < -0.4 is 15.4 Å². The molecule has 23 heavy (non-hydrogen) atoms. The summed E-state index contributed by atoms with van der Waals surface area (Å²) in [5.41, 5.74) is -0.246. The maximum absolute atomic E-state index is 11.8. The van der Waals surface area contributed by atoms with Crippen molar-refractivity contribution in [3.8, 4) is 5.75 Å². The first-order valence-electron chi connectivity index (χ1n) is 7.29. The lowest BCUT2D eigenvalue weighted by Crippen LogP contribution is -2.46. The van der Waals surface area contributed by atoms with Gasteiger partial charge in [-0.1, -0.05) is 18.2 Å². The Morgan fingerprint density at radius 2 is 1.91 bits per heavy atom. The van der Waals surface area contributed by atoms with Crippen molar-refractivity contribution in [2.45, 2.75) is 25.5 Å². The van der Waals surface area contributed by atoms with Crippen molar-refractivity contribution in [2.75, 3.05) is 25.7 Å². The van der Waals surface area contributed by atoms with E-state index in [1.807, 2.05) is 24.5 Å². The molecule has 0 aliphatic carbocycles. The smallest absolute Gasteiger partial charge is 0.309 e. The summed E-state index contributed by atoms with van der Waals surface area (Å²) in [6, 6.07) is 7.25. The van der Waals surface area contributed by atoms with E-state index in [2.05, 4.69) is 10.6 Å². The van der Waals surface area contributed by atoms with Crippen LogP contribution in [-0.4, -0.2) is 48.2 Å². The molecule has 0 saturated carbocycles. The second-order valence-electron chi connectivity index (χ2n) is 5.42. The highest BCUT2D eigenvalue weighted by Gasteiger charge is 2.22. The Bertz CT molecular complexity index is 535. The standard InChI is InChI=1S/C16H24N2O4S/c1-16(21,8-9-23-3)11-18-15(20)14(19)17-10-12-6-4-5-7-13(12)22-2/h4-7,21H,8-11H2,1-3H3,(H,17,19)(H,18,20). The molecule has 0 radical (unpaired) electrons. The Kier molecular flexibility index (Phi) is 7.91. The highest BCUT2D eigenvalue weighted by Crippen LogP contribution is 2.16. The number of aliphatic hydroxyl groups is 1. The van der Waals surface area contributed by atoms with Gasteiger partial charge in [-0.25, -0.2) is 0 Å². The molecule has 1 aromatic carbocycles. The summed E-state index contributed by atoms with van der Waals surface area (Å²) >= 11 is 1.61. The molecule has 1 unspecified atom stereocenters. The van der Waals surface area contributed by atoms with Gasteiger partial charge >= 0.3 is 11.8 Å². The average Bonchev–Trinajstić information content (AvgIpc) is 2.56. The number of thioether (sulfide) groups is 1. The maximum atomic E-state index is 11.8. The summed E-state index contributed by atoms with van der Waals surface area (Å²) in [6.07, 6.45) is 2.48. The summed E-state index contributed by atoms with van der Waals surface area (Å²) in [5.74, 6) is -0.0721. The molecular formula is C16H24N2O4S. The lowest BCUT2D eigenvalue weighted by molar-refractivity contribution is -0.139. The largest absolute Gasteiger partial charge is 0.496 e. The molecule has 1 atom stereocenters. The van der Waals surface area contributed by atoms with Gasteiger partial charge in [0.05, 0.1) is 12.7 Å². The lowest BCUT2D eigenvalue weighted by atomic mass is 10.0. The average molecular weight is 340 g/mol. The van der Waals surface area contributed by atoms with Crippen LogP contribution in [0.15, 0.2) is 24.3 Å². The van der Waals surface area contributed by atoms with E-state index < -0.39 is 17.4 Å². The Morgan fingerprint density at radius 3 is 2.57 bits per heavy atom. The molecule has 3 N–H and O–H groups in total. The Labute approximate surface area is 141 Å². The summed E-state index contributed by atoms with van der Waals surface area (Å²) in [7, 11) is 1.55. The monoisotopic (exact) mass is 340 g/mol. The zero-order chi connectivity index (χ0) is 17.3. The SMILES string of the molecule is COc1ccccc1CNC(=O)C(=O)NCC(C)(O)CCSC. The van der Waals surface area contributed by atoms with E-state index in [1.165, 1.54) is 0 Å². The molecule has 0 aliphatic rings. The number of amides is 2. The minimum absolute atomic E-state index is 0.0362. The predicted octanol–water partition coefficient (Wildman–Crippen LogP) is 0.932. The topological polar surface area (TPSA) is 87.7 Å². The fourth-order valence-corrected chi connectivity index (χ4v) is 2.51. The quantitative estimate of drug-likeness (QED) is 0.613. The summed E-state index contributed by atoms with van der Waals surface area (Å²) < 4.78 is 5.18. The second-order valence-corrected chi connectivity index (χ2v) is 6.40. The van der Waals surface area contributed by atoms with Crippen LogP contribution in [0.2, 0.25) is 0 Å². The molecular weight excluding hydrogens is 316 g/mol. The highest BCUT2D eigenvalue weighted by molar-refractivity contribution is 7.98. The molecule has 2 amide bonds. The number of ether oxygens (including phenoxy) is 1. The van der Waals surface area contributed by atoms with Crippen LogP contribution >= 0.6 is 11.8 Å². The van der Waals surface area contributed by atoms with Gasteiger partial charge in [0, 0.05) is 18.7 Å². The normalized spacial score (nSPS) is 13.0. The molecule has 1 rings (SSSR count). The Morgan fingerprint density at radius 1 is 1.26 bits per heavy atom. The first-order valence-corrected chi connectivity index (χ1v) is 8.68. The summed E-state index contributed by atoms with van der Waals surface area (Å²) in [5, 5.41) is 15.1. The third-order valence-corrected chi connectivity index (χ3v) is 3.93. The van der Waals surface area contributed by atoms with E-state index in [0.717, 1.165) is 11.3 Å². The molecule has 6 nitrogen and oxygen atoms in total. The first-order chi connectivity index (χ1) is 10.9. The summed E-state index contributed by atoms with van der Waals surface area (Å²) in [6.45, 7) is 1.86. The van der Waals surface area contributed by atoms with Crippen LogP contribution in [0, 0.1) is 0 Å². The van der Waals surface area contributed by atoms with Gasteiger partial charge in [0.2, 0.25) is 0 Å². The Hall–Kier alpha value is -1.73. The number of benzene rings is 1. The number of methoxy groups -OCH3 is 1. The second kappa shape index (κ2) is 9.42. The molecule has 0 heterocycles. The van der Waals surface area contributed by atoms with E-state index in [-0.39, 0.29) is 13.1 Å². The fraction of sp³-hybridized carbons (Fsp3) is 0.500. The number of hydrogen-bond acceptors (Lipinski definition) is 5. The van der Waals surface area contributed by atoms with Crippen molar-refractivity contribution in [1.29, 1.82) is 0 Å². The minimum Gasteiger partial charge on any atom is -0.496 e. The predicted molar refractivity (Wildman–Crippen MR) is 91.5 cm³/mol. The van der Waals surface area contributed by atoms with Crippen LogP contribution in [0.3, 0.4) is 0 Å². The molecule has 128 valence electrons. The third kappa shape index (κ3) is 6.92. The molecule has 1 aromatic rings. The van der Waals surface area contributed by atoms with E-state index in [0.29, 0.717) is 12.2 Å². The van der Waals surface area contributed by atoms with Gasteiger partial charge < -0.3 is 20.5 Å². The fourth-order valence-electron chi connectivity index (χ4n) is 1.87. The molecule has 0 bridgehead atoms. The van der Waals surface area contributed by atoms with Crippen LogP contribution in [0.5, 0.6) is 5.75 Å². The van der Waals surface area contributed by atoms with Crippen molar-refractivity contribution in [2.24, 2.45) is 0 Å². The number of rotatable bonds is 8. The molecule has 7 heteroatoms. The van der Waals surface area contributed by atoms with E-state index >= 15 is 0 Å². The maximum Gasteiger partial charge on any atom is 0.309 e. The van der Waals surface area contributed by atoms with Gasteiger partial charge in [-0.15, -0.1) is 0 Å².